The number of rotatable bonds is 3. The van der Waals surface area contributed by atoms with Crippen LogP contribution in [-0.2, 0) is 9.68 Å². The summed E-state index contributed by atoms with van der Waals surface area (Å²) in [6, 6.07) is 11.6. The van der Waals surface area contributed by atoms with Crippen LogP contribution in [0.3, 0.4) is 0 Å². The molecule has 24 heavy (non-hydrogen) atoms. The van der Waals surface area contributed by atoms with Crippen LogP contribution in [0.2, 0.25) is 5.02 Å². The van der Waals surface area contributed by atoms with Crippen molar-refractivity contribution in [3.63, 3.8) is 0 Å². The maximum atomic E-state index is 12.3. The van der Waals surface area contributed by atoms with Crippen LogP contribution in [0.4, 0.5) is 0 Å². The number of hydrogen-bond donors (Lipinski definition) is 0. The van der Waals surface area contributed by atoms with Crippen LogP contribution in [-0.4, -0.2) is 5.97 Å². The van der Waals surface area contributed by atoms with Gasteiger partial charge in [0, 0.05) is 18.6 Å². The smallest absolute Gasteiger partial charge is 0.352 e. The molecule has 0 unspecified atom stereocenters. The number of fused-ring (bicyclic) bond motifs is 1. The molecular weight excluding hydrogens is 332 g/mol. The molecule has 0 radical (unpaired) electrons. The van der Waals surface area contributed by atoms with Crippen molar-refractivity contribution >= 4 is 28.5 Å². The predicted octanol–water partition coefficient (Wildman–Crippen LogP) is 4.28. The van der Waals surface area contributed by atoms with E-state index >= 15 is 0 Å². The number of carbonyl (C=O) groups excluding carboxylic acids is 1. The van der Waals surface area contributed by atoms with Gasteiger partial charge in [-0.1, -0.05) is 29.8 Å². The maximum absolute atomic E-state index is 12.3. The summed E-state index contributed by atoms with van der Waals surface area (Å²) in [7, 11) is 0. The Hall–Kier alpha value is -2.79. The van der Waals surface area contributed by atoms with Gasteiger partial charge in [0.15, 0.2) is 16.8 Å². The lowest BCUT2D eigenvalue weighted by Crippen LogP contribution is -2.04. The van der Waals surface area contributed by atoms with Crippen molar-refractivity contribution in [3.8, 4) is 17.1 Å². The highest BCUT2D eigenvalue weighted by Gasteiger charge is 2.12. The summed E-state index contributed by atoms with van der Waals surface area (Å²) in [4.78, 5) is 32.7. The normalized spacial score (nSPS) is 10.6. The standard InChI is InChI=1S/C18H13ClO5/c1-10-6-7-12(8-16(10)24-23-11(2)20)17-9-15(21)13-4-3-5-14(19)18(13)22-17/h3-9H,1-2H3. The average Bonchev–Trinajstić information content (AvgIpc) is 2.55. The molecule has 6 heteroatoms. The summed E-state index contributed by atoms with van der Waals surface area (Å²) in [6.45, 7) is 3.04. The topological polar surface area (TPSA) is 65.7 Å². The fourth-order valence-corrected chi connectivity index (χ4v) is 2.44. The third kappa shape index (κ3) is 3.12. The molecule has 5 nitrogen and oxygen atoms in total. The van der Waals surface area contributed by atoms with Crippen molar-refractivity contribution in [1.29, 1.82) is 0 Å². The van der Waals surface area contributed by atoms with Crippen LogP contribution < -0.4 is 10.3 Å². The molecule has 0 bridgehead atoms. The van der Waals surface area contributed by atoms with Crippen molar-refractivity contribution in [2.45, 2.75) is 13.8 Å². The van der Waals surface area contributed by atoms with Crippen LogP contribution >= 0.6 is 11.6 Å². The Balaban J connectivity index is 2.10. The largest absolute Gasteiger partial charge is 0.454 e. The Morgan fingerprint density at radius 3 is 2.71 bits per heavy atom. The molecule has 1 aromatic heterocycles. The highest BCUT2D eigenvalue weighted by atomic mass is 35.5. The summed E-state index contributed by atoms with van der Waals surface area (Å²) in [5.74, 6) is 0.127. The lowest BCUT2D eigenvalue weighted by atomic mass is 10.1. The zero-order valence-corrected chi connectivity index (χ0v) is 13.7. The first-order chi connectivity index (χ1) is 11.5. The third-order valence-electron chi connectivity index (χ3n) is 3.43. The average molecular weight is 345 g/mol. The van der Waals surface area contributed by atoms with E-state index < -0.39 is 5.97 Å². The quantitative estimate of drug-likeness (QED) is 0.524. The lowest BCUT2D eigenvalue weighted by molar-refractivity contribution is -0.211. The van der Waals surface area contributed by atoms with Crippen molar-refractivity contribution in [2.75, 3.05) is 0 Å². The molecule has 0 spiro atoms. The van der Waals surface area contributed by atoms with Gasteiger partial charge in [0.05, 0.1) is 10.4 Å². The molecule has 3 aromatic rings. The number of benzene rings is 2. The molecule has 2 aromatic carbocycles. The molecule has 0 saturated carbocycles. The van der Waals surface area contributed by atoms with E-state index in [9.17, 15) is 9.59 Å². The summed E-state index contributed by atoms with van der Waals surface area (Å²) >= 11 is 6.11. The minimum absolute atomic E-state index is 0.197. The van der Waals surface area contributed by atoms with E-state index in [2.05, 4.69) is 4.89 Å². The molecule has 0 aliphatic heterocycles. The van der Waals surface area contributed by atoms with E-state index in [0.717, 1.165) is 5.56 Å². The van der Waals surface area contributed by atoms with Crippen LogP contribution in [0.5, 0.6) is 5.75 Å². The molecule has 0 fully saturated rings. The lowest BCUT2D eigenvalue weighted by Gasteiger charge is -2.09. The molecule has 0 aliphatic rings. The first-order valence-electron chi connectivity index (χ1n) is 7.14. The molecule has 0 aliphatic carbocycles. The van der Waals surface area contributed by atoms with E-state index in [1.807, 2.05) is 0 Å². The molecule has 1 heterocycles. The van der Waals surface area contributed by atoms with Gasteiger partial charge in [-0.3, -0.25) is 14.6 Å². The minimum atomic E-state index is -0.566. The Labute approximate surface area is 142 Å². The van der Waals surface area contributed by atoms with E-state index in [1.54, 1.807) is 43.3 Å². The second kappa shape index (κ2) is 6.37. The van der Waals surface area contributed by atoms with Crippen molar-refractivity contribution in [3.05, 3.63) is 63.3 Å². The molecule has 0 N–H and O–H groups in total. The Morgan fingerprint density at radius 2 is 1.96 bits per heavy atom. The first-order valence-corrected chi connectivity index (χ1v) is 7.52. The molecule has 122 valence electrons. The second-order valence-corrected chi connectivity index (χ2v) is 5.64. The van der Waals surface area contributed by atoms with Gasteiger partial charge in [0.2, 0.25) is 0 Å². The number of halogens is 1. The summed E-state index contributed by atoms with van der Waals surface area (Å²) in [5.41, 5.74) is 1.49. The zero-order chi connectivity index (χ0) is 17.3. The van der Waals surface area contributed by atoms with Crippen LogP contribution in [0.25, 0.3) is 22.3 Å². The predicted molar refractivity (Wildman–Crippen MR) is 90.1 cm³/mol. The number of carbonyl (C=O) groups is 1. The summed E-state index contributed by atoms with van der Waals surface area (Å²) in [5, 5.41) is 0.768. The fourth-order valence-electron chi connectivity index (χ4n) is 2.23. The van der Waals surface area contributed by atoms with Gasteiger partial charge in [-0.2, -0.15) is 0 Å². The molecule has 0 atom stereocenters. The van der Waals surface area contributed by atoms with Crippen LogP contribution in [0.15, 0.2) is 51.7 Å². The second-order valence-electron chi connectivity index (χ2n) is 5.23. The highest BCUT2D eigenvalue weighted by Crippen LogP contribution is 2.30. The molecule has 3 rings (SSSR count). The van der Waals surface area contributed by atoms with Gasteiger partial charge in [0.1, 0.15) is 5.76 Å². The molecule has 0 amide bonds. The van der Waals surface area contributed by atoms with E-state index in [4.69, 9.17) is 20.9 Å². The van der Waals surface area contributed by atoms with Crippen molar-refractivity contribution in [1.82, 2.24) is 0 Å². The molecular formula is C18H13ClO5. The molecule has 0 saturated heterocycles. The monoisotopic (exact) mass is 344 g/mol. The van der Waals surface area contributed by atoms with Gasteiger partial charge in [-0.25, -0.2) is 4.79 Å². The SMILES string of the molecule is CC(=O)OOc1cc(-c2cc(=O)c3cccc(Cl)c3o2)ccc1C. The zero-order valence-electron chi connectivity index (χ0n) is 13.0. The number of para-hydroxylation sites is 1. The number of hydrogen-bond acceptors (Lipinski definition) is 5. The summed E-state index contributed by atoms with van der Waals surface area (Å²) in [6.07, 6.45) is 0. The van der Waals surface area contributed by atoms with Crippen molar-refractivity contribution in [2.24, 2.45) is 0 Å². The van der Waals surface area contributed by atoms with Gasteiger partial charge in [0.25, 0.3) is 0 Å². The summed E-state index contributed by atoms with van der Waals surface area (Å²) < 4.78 is 5.78. The Bertz CT molecular complexity index is 990. The third-order valence-corrected chi connectivity index (χ3v) is 3.73. The van der Waals surface area contributed by atoms with Crippen LogP contribution in [0.1, 0.15) is 12.5 Å². The highest BCUT2D eigenvalue weighted by molar-refractivity contribution is 6.34. The van der Waals surface area contributed by atoms with Crippen molar-refractivity contribution < 1.29 is 19.0 Å². The van der Waals surface area contributed by atoms with Gasteiger partial charge in [-0.15, -0.1) is 0 Å². The Kier molecular flexibility index (Phi) is 4.27. The van der Waals surface area contributed by atoms with Gasteiger partial charge < -0.3 is 4.42 Å². The van der Waals surface area contributed by atoms with E-state index in [1.165, 1.54) is 13.0 Å². The van der Waals surface area contributed by atoms with Crippen LogP contribution in [0, 0.1) is 6.92 Å². The first kappa shape index (κ1) is 16.1. The maximum Gasteiger partial charge on any atom is 0.352 e. The Morgan fingerprint density at radius 1 is 1.17 bits per heavy atom. The minimum Gasteiger partial charge on any atom is -0.454 e. The number of aryl methyl sites for hydroxylation is 1. The van der Waals surface area contributed by atoms with E-state index in [0.29, 0.717) is 33.1 Å². The van der Waals surface area contributed by atoms with Gasteiger partial charge >= 0.3 is 5.97 Å². The van der Waals surface area contributed by atoms with Gasteiger partial charge in [-0.05, 0) is 30.7 Å². The fraction of sp³-hybridized carbons (Fsp3) is 0.111. The van der Waals surface area contributed by atoms with E-state index in [-0.39, 0.29) is 5.43 Å².